The van der Waals surface area contributed by atoms with Gasteiger partial charge in [-0.1, -0.05) is 29.5 Å². The molecule has 3 aromatic rings. The number of benzene rings is 1. The van der Waals surface area contributed by atoms with Crippen LogP contribution < -0.4 is 5.32 Å². The molecular weight excluding hydrogens is 300 g/mol. The van der Waals surface area contributed by atoms with Crippen LogP contribution in [0.2, 0.25) is 0 Å². The van der Waals surface area contributed by atoms with Crippen molar-refractivity contribution in [3.05, 3.63) is 46.6 Å². The molecule has 0 aliphatic carbocycles. The lowest BCUT2D eigenvalue weighted by atomic mass is 10.1. The van der Waals surface area contributed by atoms with Crippen LogP contribution in [0.5, 0.6) is 0 Å². The molecule has 6 nitrogen and oxygen atoms in total. The van der Waals surface area contributed by atoms with E-state index in [1.54, 1.807) is 13.2 Å². The molecule has 0 saturated carbocycles. The van der Waals surface area contributed by atoms with Gasteiger partial charge in [0.1, 0.15) is 11.6 Å². The van der Waals surface area contributed by atoms with Crippen molar-refractivity contribution >= 4 is 33.3 Å². The molecule has 22 heavy (non-hydrogen) atoms. The van der Waals surface area contributed by atoms with Crippen LogP contribution in [0, 0.1) is 6.92 Å². The van der Waals surface area contributed by atoms with Gasteiger partial charge in [-0.3, -0.25) is 15.1 Å². The third kappa shape index (κ3) is 2.95. The van der Waals surface area contributed by atoms with E-state index in [1.165, 1.54) is 11.3 Å². The van der Waals surface area contributed by atoms with E-state index in [0.717, 1.165) is 16.6 Å². The number of anilines is 1. The van der Waals surface area contributed by atoms with Gasteiger partial charge in [0.15, 0.2) is 0 Å². The van der Waals surface area contributed by atoms with Crippen LogP contribution in [-0.4, -0.2) is 28.2 Å². The fourth-order valence-corrected chi connectivity index (χ4v) is 2.85. The molecule has 1 amide bonds. The number of ether oxygens (including phenoxy) is 1. The van der Waals surface area contributed by atoms with E-state index in [2.05, 4.69) is 20.5 Å². The normalized spacial score (nSPS) is 10.8. The molecule has 7 heteroatoms. The molecule has 0 atom stereocenters. The van der Waals surface area contributed by atoms with E-state index in [-0.39, 0.29) is 5.91 Å². The first-order valence-corrected chi connectivity index (χ1v) is 7.48. The van der Waals surface area contributed by atoms with Crippen molar-refractivity contribution in [2.24, 2.45) is 0 Å². The summed E-state index contributed by atoms with van der Waals surface area (Å²) in [6.45, 7) is 2.25. The lowest BCUT2D eigenvalue weighted by Gasteiger charge is -2.07. The Balaban J connectivity index is 1.91. The van der Waals surface area contributed by atoms with E-state index < -0.39 is 0 Å². The molecule has 2 heterocycles. The molecule has 112 valence electrons. The lowest BCUT2D eigenvalue weighted by molar-refractivity contribution is 0.102. The Morgan fingerprint density at radius 2 is 2.14 bits per heavy atom. The van der Waals surface area contributed by atoms with Crippen LogP contribution in [0.1, 0.15) is 21.1 Å². The zero-order valence-electron chi connectivity index (χ0n) is 12.2. The van der Waals surface area contributed by atoms with Gasteiger partial charge in [-0.05, 0) is 19.1 Å². The molecule has 0 saturated heterocycles. The molecule has 0 unspecified atom stereocenters. The number of carbonyl (C=O) groups is 1. The maximum absolute atomic E-state index is 12.5. The molecule has 2 aromatic heterocycles. The maximum Gasteiger partial charge on any atom is 0.258 e. The molecule has 1 N–H and O–H groups in total. The second-order valence-corrected chi connectivity index (χ2v) is 5.78. The summed E-state index contributed by atoms with van der Waals surface area (Å²) in [7, 11) is 1.59. The van der Waals surface area contributed by atoms with Gasteiger partial charge in [-0.25, -0.2) is 0 Å². The van der Waals surface area contributed by atoms with Gasteiger partial charge in [0, 0.05) is 18.2 Å². The summed E-state index contributed by atoms with van der Waals surface area (Å²) in [4.78, 5) is 16.9. The minimum absolute atomic E-state index is 0.221. The lowest BCUT2D eigenvalue weighted by Crippen LogP contribution is -2.13. The molecule has 0 aliphatic heterocycles. The minimum atomic E-state index is -0.221. The first-order valence-electron chi connectivity index (χ1n) is 6.66. The highest BCUT2D eigenvalue weighted by atomic mass is 32.1. The van der Waals surface area contributed by atoms with Crippen molar-refractivity contribution in [2.45, 2.75) is 13.5 Å². The third-order valence-electron chi connectivity index (χ3n) is 3.04. The van der Waals surface area contributed by atoms with E-state index in [9.17, 15) is 4.79 Å². The summed E-state index contributed by atoms with van der Waals surface area (Å²) in [6, 6.07) is 9.33. The summed E-state index contributed by atoms with van der Waals surface area (Å²) < 4.78 is 4.99. The largest absolute Gasteiger partial charge is 0.377 e. The quantitative estimate of drug-likeness (QED) is 0.801. The highest BCUT2D eigenvalue weighted by Crippen LogP contribution is 2.21. The number of methoxy groups -OCH3 is 1. The molecule has 3 rings (SSSR count). The van der Waals surface area contributed by atoms with Crippen molar-refractivity contribution in [1.82, 2.24) is 15.2 Å². The number of nitrogens with zero attached hydrogens (tertiary/aromatic N) is 3. The SMILES string of the molecule is COCc1nnc(NC(=O)c2cc(C)nc3ccccc23)s1. The van der Waals surface area contributed by atoms with Crippen LogP contribution in [0.4, 0.5) is 5.13 Å². The average molecular weight is 314 g/mol. The Morgan fingerprint density at radius 3 is 2.95 bits per heavy atom. The van der Waals surface area contributed by atoms with Gasteiger partial charge in [-0.2, -0.15) is 0 Å². The van der Waals surface area contributed by atoms with Crippen LogP contribution in [0.15, 0.2) is 30.3 Å². The number of hydrogen-bond donors (Lipinski definition) is 1. The number of carbonyl (C=O) groups excluding carboxylic acids is 1. The van der Waals surface area contributed by atoms with Crippen LogP contribution >= 0.6 is 11.3 Å². The number of hydrogen-bond acceptors (Lipinski definition) is 6. The minimum Gasteiger partial charge on any atom is -0.377 e. The average Bonchev–Trinajstić information content (AvgIpc) is 2.94. The number of amides is 1. The highest BCUT2D eigenvalue weighted by molar-refractivity contribution is 7.15. The zero-order chi connectivity index (χ0) is 15.5. The number of aryl methyl sites for hydroxylation is 1. The highest BCUT2D eigenvalue weighted by Gasteiger charge is 2.14. The standard InChI is InChI=1S/C15H14N4O2S/c1-9-7-11(10-5-3-4-6-12(10)16-9)14(20)17-15-19-18-13(22-15)8-21-2/h3-7H,8H2,1-2H3,(H,17,19,20). The number of nitrogens with one attached hydrogen (secondary N) is 1. The molecule has 0 spiro atoms. The smallest absolute Gasteiger partial charge is 0.258 e. The monoisotopic (exact) mass is 314 g/mol. The number of fused-ring (bicyclic) bond motifs is 1. The van der Waals surface area contributed by atoms with Crippen molar-refractivity contribution in [1.29, 1.82) is 0 Å². The molecule has 1 aromatic carbocycles. The van der Waals surface area contributed by atoms with Gasteiger partial charge in [0.05, 0.1) is 11.1 Å². The van der Waals surface area contributed by atoms with E-state index in [1.807, 2.05) is 31.2 Å². The van der Waals surface area contributed by atoms with Crippen molar-refractivity contribution in [3.63, 3.8) is 0 Å². The zero-order valence-corrected chi connectivity index (χ0v) is 13.0. The number of aromatic nitrogens is 3. The summed E-state index contributed by atoms with van der Waals surface area (Å²) in [5, 5.41) is 12.7. The molecule has 0 bridgehead atoms. The number of rotatable bonds is 4. The Morgan fingerprint density at radius 1 is 1.32 bits per heavy atom. The van der Waals surface area contributed by atoms with E-state index in [4.69, 9.17) is 4.74 Å². The molecule has 0 aliphatic rings. The van der Waals surface area contributed by atoms with Gasteiger partial charge in [-0.15, -0.1) is 10.2 Å². The Labute approximate surface area is 131 Å². The van der Waals surface area contributed by atoms with Gasteiger partial charge < -0.3 is 4.74 Å². The fraction of sp³-hybridized carbons (Fsp3) is 0.200. The molecule has 0 radical (unpaired) electrons. The van der Waals surface area contributed by atoms with Crippen molar-refractivity contribution < 1.29 is 9.53 Å². The third-order valence-corrected chi connectivity index (χ3v) is 3.86. The summed E-state index contributed by atoms with van der Waals surface area (Å²) >= 11 is 1.30. The Kier molecular flexibility index (Phi) is 4.08. The Hall–Kier alpha value is -2.38. The summed E-state index contributed by atoms with van der Waals surface area (Å²) in [5.74, 6) is -0.221. The fourth-order valence-electron chi connectivity index (χ4n) is 2.15. The topological polar surface area (TPSA) is 77.0 Å². The van der Waals surface area contributed by atoms with Crippen LogP contribution in [-0.2, 0) is 11.3 Å². The van der Waals surface area contributed by atoms with Crippen molar-refractivity contribution in [2.75, 3.05) is 12.4 Å². The second-order valence-electron chi connectivity index (χ2n) is 4.72. The molecule has 0 fully saturated rings. The second kappa shape index (κ2) is 6.17. The van der Waals surface area contributed by atoms with Gasteiger partial charge in [0.2, 0.25) is 5.13 Å². The number of pyridine rings is 1. The van der Waals surface area contributed by atoms with E-state index >= 15 is 0 Å². The van der Waals surface area contributed by atoms with Gasteiger partial charge in [0.25, 0.3) is 5.91 Å². The summed E-state index contributed by atoms with van der Waals surface area (Å²) in [6.07, 6.45) is 0. The predicted molar refractivity (Wildman–Crippen MR) is 85.1 cm³/mol. The van der Waals surface area contributed by atoms with E-state index in [0.29, 0.717) is 22.3 Å². The summed E-state index contributed by atoms with van der Waals surface area (Å²) in [5.41, 5.74) is 2.16. The van der Waals surface area contributed by atoms with Gasteiger partial charge >= 0.3 is 0 Å². The van der Waals surface area contributed by atoms with Crippen LogP contribution in [0.25, 0.3) is 10.9 Å². The predicted octanol–water partition coefficient (Wildman–Crippen LogP) is 2.79. The number of para-hydroxylation sites is 1. The van der Waals surface area contributed by atoms with Crippen molar-refractivity contribution in [3.8, 4) is 0 Å². The first kappa shape index (κ1) is 14.6. The Bertz CT molecular complexity index is 831. The first-order chi connectivity index (χ1) is 10.7. The maximum atomic E-state index is 12.5. The molecular formula is C15H14N4O2S. The van der Waals surface area contributed by atoms with Crippen LogP contribution in [0.3, 0.4) is 0 Å².